The van der Waals surface area contributed by atoms with Crippen molar-refractivity contribution in [1.82, 2.24) is 14.8 Å². The van der Waals surface area contributed by atoms with Gasteiger partial charge in [0.1, 0.15) is 12.1 Å². The molecule has 1 atom stereocenters. The molecule has 2 heterocycles. The normalized spacial score (nSPS) is 15.4. The van der Waals surface area contributed by atoms with E-state index in [-0.39, 0.29) is 30.9 Å². The Morgan fingerprint density at radius 3 is 2.83 bits per heavy atom. The Morgan fingerprint density at radius 2 is 2.03 bits per heavy atom. The van der Waals surface area contributed by atoms with Crippen molar-refractivity contribution in [3.63, 3.8) is 0 Å². The van der Waals surface area contributed by atoms with Crippen molar-refractivity contribution >= 4 is 46.7 Å². The number of hydrogen-bond donors (Lipinski definition) is 2. The molecule has 1 aromatic heterocycles. The van der Waals surface area contributed by atoms with Crippen LogP contribution in [0.5, 0.6) is 5.75 Å². The fourth-order valence-corrected chi connectivity index (χ4v) is 3.57. The number of hydrogen-bond acceptors (Lipinski definition) is 5. The SMILES string of the molecule is O=C(COc1cccc(C2CC(=O)Nc3ncnn32)c1)Nc1cc(Cl)cc(Cl)c1. The van der Waals surface area contributed by atoms with Crippen LogP contribution in [0, 0.1) is 0 Å². The molecule has 0 radical (unpaired) electrons. The molecule has 0 saturated carbocycles. The third kappa shape index (κ3) is 4.49. The predicted molar refractivity (Wildman–Crippen MR) is 108 cm³/mol. The first-order valence-electron chi connectivity index (χ1n) is 8.66. The van der Waals surface area contributed by atoms with E-state index in [1.165, 1.54) is 6.33 Å². The Kier molecular flexibility index (Phi) is 5.37. The van der Waals surface area contributed by atoms with Crippen LogP contribution in [0.1, 0.15) is 18.0 Å². The molecule has 148 valence electrons. The van der Waals surface area contributed by atoms with Crippen molar-refractivity contribution in [2.45, 2.75) is 12.5 Å². The number of benzene rings is 2. The van der Waals surface area contributed by atoms with E-state index in [0.29, 0.717) is 27.4 Å². The molecule has 2 aromatic carbocycles. The van der Waals surface area contributed by atoms with Crippen LogP contribution >= 0.6 is 23.2 Å². The highest BCUT2D eigenvalue weighted by Crippen LogP contribution is 2.30. The van der Waals surface area contributed by atoms with Crippen molar-refractivity contribution in [1.29, 1.82) is 0 Å². The maximum absolute atomic E-state index is 12.2. The summed E-state index contributed by atoms with van der Waals surface area (Å²) in [4.78, 5) is 28.1. The fraction of sp³-hybridized carbons (Fsp3) is 0.158. The number of aromatic nitrogens is 3. The summed E-state index contributed by atoms with van der Waals surface area (Å²) in [5.74, 6) is 0.400. The van der Waals surface area contributed by atoms with Gasteiger partial charge in [0.2, 0.25) is 11.9 Å². The molecule has 0 bridgehead atoms. The number of fused-ring (bicyclic) bond motifs is 1. The van der Waals surface area contributed by atoms with Crippen LogP contribution in [0.2, 0.25) is 10.0 Å². The molecule has 4 rings (SSSR count). The zero-order valence-electron chi connectivity index (χ0n) is 14.9. The molecule has 2 amide bonds. The van der Waals surface area contributed by atoms with Gasteiger partial charge in [0.05, 0.1) is 12.5 Å². The highest BCUT2D eigenvalue weighted by molar-refractivity contribution is 6.35. The van der Waals surface area contributed by atoms with Crippen molar-refractivity contribution in [2.24, 2.45) is 0 Å². The summed E-state index contributed by atoms with van der Waals surface area (Å²) in [5.41, 5.74) is 1.31. The lowest BCUT2D eigenvalue weighted by Gasteiger charge is -2.24. The lowest BCUT2D eigenvalue weighted by atomic mass is 10.0. The highest BCUT2D eigenvalue weighted by Gasteiger charge is 2.27. The number of anilines is 2. The molecule has 2 N–H and O–H groups in total. The first-order chi connectivity index (χ1) is 14.0. The van der Waals surface area contributed by atoms with Crippen LogP contribution in [0.25, 0.3) is 0 Å². The second kappa shape index (κ2) is 8.10. The number of amides is 2. The van der Waals surface area contributed by atoms with Crippen LogP contribution in [0.4, 0.5) is 11.6 Å². The topological polar surface area (TPSA) is 98.1 Å². The molecular formula is C19H15Cl2N5O3. The van der Waals surface area contributed by atoms with E-state index >= 15 is 0 Å². The Morgan fingerprint density at radius 1 is 1.24 bits per heavy atom. The van der Waals surface area contributed by atoms with E-state index in [1.807, 2.05) is 6.07 Å². The van der Waals surface area contributed by atoms with Gasteiger partial charge < -0.3 is 10.1 Å². The minimum atomic E-state index is -0.357. The average Bonchev–Trinajstić information content (AvgIpc) is 3.13. The first kappa shape index (κ1) is 19.2. The van der Waals surface area contributed by atoms with E-state index in [2.05, 4.69) is 20.7 Å². The van der Waals surface area contributed by atoms with E-state index in [9.17, 15) is 9.59 Å². The summed E-state index contributed by atoms with van der Waals surface area (Å²) < 4.78 is 7.25. The molecule has 0 spiro atoms. The van der Waals surface area contributed by atoms with Gasteiger partial charge in [-0.05, 0) is 35.9 Å². The molecule has 0 saturated heterocycles. The van der Waals surface area contributed by atoms with Crippen molar-refractivity contribution in [3.05, 3.63) is 64.4 Å². The highest BCUT2D eigenvalue weighted by atomic mass is 35.5. The smallest absolute Gasteiger partial charge is 0.262 e. The molecule has 1 unspecified atom stereocenters. The second-order valence-electron chi connectivity index (χ2n) is 6.36. The van der Waals surface area contributed by atoms with Gasteiger partial charge in [0.25, 0.3) is 5.91 Å². The third-order valence-electron chi connectivity index (χ3n) is 4.26. The van der Waals surface area contributed by atoms with E-state index in [1.54, 1.807) is 41.1 Å². The van der Waals surface area contributed by atoms with E-state index in [0.717, 1.165) is 5.56 Å². The van der Waals surface area contributed by atoms with Crippen LogP contribution < -0.4 is 15.4 Å². The molecule has 10 heteroatoms. The number of carbonyl (C=O) groups is 2. The molecule has 1 aliphatic rings. The summed E-state index contributed by atoms with van der Waals surface area (Å²) in [6.07, 6.45) is 1.62. The zero-order chi connectivity index (χ0) is 20.4. The van der Waals surface area contributed by atoms with Crippen LogP contribution in [0.15, 0.2) is 48.8 Å². The summed E-state index contributed by atoms with van der Waals surface area (Å²) in [7, 11) is 0. The molecule has 1 aliphatic heterocycles. The Balaban J connectivity index is 1.43. The quantitative estimate of drug-likeness (QED) is 0.643. The monoisotopic (exact) mass is 431 g/mol. The number of nitrogens with zero attached hydrogens (tertiary/aromatic N) is 3. The summed E-state index contributed by atoms with van der Waals surface area (Å²) >= 11 is 11.9. The number of halogens is 2. The van der Waals surface area contributed by atoms with Gasteiger partial charge in [0, 0.05) is 15.7 Å². The summed E-state index contributed by atoms with van der Waals surface area (Å²) in [6, 6.07) is 11.6. The largest absolute Gasteiger partial charge is 0.484 e. The minimum absolute atomic E-state index is 0.138. The predicted octanol–water partition coefficient (Wildman–Crippen LogP) is 3.53. The third-order valence-corrected chi connectivity index (χ3v) is 4.69. The number of ether oxygens (including phenoxy) is 1. The summed E-state index contributed by atoms with van der Waals surface area (Å²) in [5, 5.41) is 10.4. The number of carbonyl (C=O) groups excluding carboxylic acids is 2. The minimum Gasteiger partial charge on any atom is -0.484 e. The lowest BCUT2D eigenvalue weighted by molar-refractivity contribution is -0.118. The van der Waals surface area contributed by atoms with Crippen molar-refractivity contribution in [3.8, 4) is 5.75 Å². The van der Waals surface area contributed by atoms with Gasteiger partial charge in [-0.15, -0.1) is 0 Å². The molecular weight excluding hydrogens is 417 g/mol. The molecule has 0 aliphatic carbocycles. The Hall–Kier alpha value is -3.10. The van der Waals surface area contributed by atoms with Crippen molar-refractivity contribution in [2.75, 3.05) is 17.2 Å². The molecule has 29 heavy (non-hydrogen) atoms. The fourth-order valence-electron chi connectivity index (χ4n) is 3.05. The van der Waals surface area contributed by atoms with Gasteiger partial charge in [-0.1, -0.05) is 35.3 Å². The van der Waals surface area contributed by atoms with Crippen LogP contribution in [-0.2, 0) is 9.59 Å². The zero-order valence-corrected chi connectivity index (χ0v) is 16.4. The van der Waals surface area contributed by atoms with Gasteiger partial charge in [-0.2, -0.15) is 10.1 Å². The lowest BCUT2D eigenvalue weighted by Crippen LogP contribution is -2.29. The van der Waals surface area contributed by atoms with Crippen LogP contribution in [-0.4, -0.2) is 33.2 Å². The maximum atomic E-state index is 12.2. The van der Waals surface area contributed by atoms with Crippen LogP contribution in [0.3, 0.4) is 0 Å². The standard InChI is InChI=1S/C19H15Cl2N5O3/c20-12-5-13(21)7-14(6-12)24-18(28)9-29-15-3-1-2-11(4-15)16-8-17(27)25-19-22-10-23-26(16)19/h1-7,10,16H,8-9H2,(H,24,28)(H,22,23,25,27). The average molecular weight is 432 g/mol. The molecule has 8 nitrogen and oxygen atoms in total. The number of nitrogens with one attached hydrogen (secondary N) is 2. The summed E-state index contributed by atoms with van der Waals surface area (Å²) in [6.45, 7) is -0.201. The molecule has 3 aromatic rings. The van der Waals surface area contributed by atoms with E-state index < -0.39 is 0 Å². The first-order valence-corrected chi connectivity index (χ1v) is 9.41. The van der Waals surface area contributed by atoms with E-state index in [4.69, 9.17) is 27.9 Å². The molecule has 0 fully saturated rings. The van der Waals surface area contributed by atoms with Crippen molar-refractivity contribution < 1.29 is 14.3 Å². The second-order valence-corrected chi connectivity index (χ2v) is 7.24. The number of rotatable bonds is 5. The van der Waals surface area contributed by atoms with Gasteiger partial charge >= 0.3 is 0 Å². The van der Waals surface area contributed by atoms with Gasteiger partial charge in [-0.3, -0.25) is 14.9 Å². The Labute approximate surface area is 175 Å². The van der Waals surface area contributed by atoms with Gasteiger partial charge in [-0.25, -0.2) is 4.68 Å². The maximum Gasteiger partial charge on any atom is 0.262 e. The van der Waals surface area contributed by atoms with Gasteiger partial charge in [0.15, 0.2) is 6.61 Å². The Bertz CT molecular complexity index is 1060.